The van der Waals surface area contributed by atoms with Gasteiger partial charge in [-0.2, -0.15) is 0 Å². The topological polar surface area (TPSA) is 51.9 Å². The molecule has 6 heteroatoms. The van der Waals surface area contributed by atoms with Gasteiger partial charge in [0.05, 0.1) is 7.11 Å². The molecule has 4 aromatic rings. The minimum Gasteiger partial charge on any atom is -0.497 e. The van der Waals surface area contributed by atoms with Gasteiger partial charge in [0.1, 0.15) is 17.1 Å². The number of fused-ring (bicyclic) bond motifs is 2. The molecule has 0 saturated heterocycles. The van der Waals surface area contributed by atoms with E-state index in [2.05, 4.69) is 11.0 Å². The van der Waals surface area contributed by atoms with Crippen LogP contribution in [-0.2, 0) is 6.54 Å². The Labute approximate surface area is 184 Å². The van der Waals surface area contributed by atoms with Gasteiger partial charge in [0, 0.05) is 39.8 Å². The first-order valence-electron chi connectivity index (χ1n) is 9.91. The number of hydrogen-bond donors (Lipinski definition) is 0. The summed E-state index contributed by atoms with van der Waals surface area (Å²) in [6, 6.07) is 18.9. The first kappa shape index (κ1) is 19.5. The first-order valence-corrected chi connectivity index (χ1v) is 10.3. The molecule has 0 spiro atoms. The van der Waals surface area contributed by atoms with Crippen LogP contribution in [0.5, 0.6) is 11.5 Å². The lowest BCUT2D eigenvalue weighted by Crippen LogP contribution is -2.32. The Kier molecular flexibility index (Phi) is 4.83. The Hall–Kier alpha value is -3.44. The van der Waals surface area contributed by atoms with Crippen LogP contribution in [0.15, 0.2) is 69.9 Å². The van der Waals surface area contributed by atoms with E-state index in [9.17, 15) is 4.79 Å². The lowest BCUT2D eigenvalue weighted by atomic mass is 9.96. The summed E-state index contributed by atoms with van der Waals surface area (Å²) in [7, 11) is 1.63. The summed E-state index contributed by atoms with van der Waals surface area (Å²) in [5, 5.41) is 1.55. The molecular weight excluding hydrogens is 414 g/mol. The van der Waals surface area contributed by atoms with Crippen molar-refractivity contribution in [1.82, 2.24) is 0 Å². The number of ether oxygens (including phenoxy) is 2. The number of halogens is 1. The van der Waals surface area contributed by atoms with E-state index in [0.717, 1.165) is 44.8 Å². The van der Waals surface area contributed by atoms with Crippen molar-refractivity contribution in [3.63, 3.8) is 0 Å². The fraction of sp³-hybridized carbons (Fsp3) is 0.160. The fourth-order valence-corrected chi connectivity index (χ4v) is 4.25. The molecule has 0 fully saturated rings. The molecule has 5 nitrogen and oxygen atoms in total. The number of nitrogens with zero attached hydrogens (tertiary/aromatic N) is 1. The van der Waals surface area contributed by atoms with E-state index in [0.29, 0.717) is 23.9 Å². The van der Waals surface area contributed by atoms with Crippen molar-refractivity contribution in [2.75, 3.05) is 18.7 Å². The molecule has 0 N–H and O–H groups in total. The zero-order valence-electron chi connectivity index (χ0n) is 17.1. The van der Waals surface area contributed by atoms with Crippen molar-refractivity contribution < 1.29 is 13.9 Å². The van der Waals surface area contributed by atoms with Gasteiger partial charge in [-0.3, -0.25) is 0 Å². The summed E-state index contributed by atoms with van der Waals surface area (Å²) in [5.74, 6) is 1.52. The van der Waals surface area contributed by atoms with E-state index in [1.807, 2.05) is 55.5 Å². The monoisotopic (exact) mass is 433 g/mol. The molecule has 0 bridgehead atoms. The summed E-state index contributed by atoms with van der Waals surface area (Å²) in [6.07, 6.45) is 0. The molecule has 0 unspecified atom stereocenters. The Morgan fingerprint density at radius 3 is 2.61 bits per heavy atom. The molecule has 156 valence electrons. The second-order valence-corrected chi connectivity index (χ2v) is 7.96. The van der Waals surface area contributed by atoms with Gasteiger partial charge < -0.3 is 18.8 Å². The Morgan fingerprint density at radius 1 is 1.06 bits per heavy atom. The van der Waals surface area contributed by atoms with Crippen molar-refractivity contribution in [2.24, 2.45) is 0 Å². The Morgan fingerprint density at radius 2 is 1.87 bits per heavy atom. The molecule has 0 saturated carbocycles. The predicted molar refractivity (Wildman–Crippen MR) is 122 cm³/mol. The maximum Gasteiger partial charge on any atom is 0.336 e. The zero-order chi connectivity index (χ0) is 21.5. The van der Waals surface area contributed by atoms with Crippen molar-refractivity contribution in [1.29, 1.82) is 0 Å². The highest BCUT2D eigenvalue weighted by Gasteiger charge is 2.23. The Bertz CT molecular complexity index is 1340. The van der Waals surface area contributed by atoms with E-state index in [1.54, 1.807) is 7.11 Å². The van der Waals surface area contributed by atoms with Crippen LogP contribution < -0.4 is 20.0 Å². The van der Waals surface area contributed by atoms with E-state index < -0.39 is 5.63 Å². The summed E-state index contributed by atoms with van der Waals surface area (Å²) in [5.41, 5.74) is 4.74. The van der Waals surface area contributed by atoms with Crippen molar-refractivity contribution in [3.8, 4) is 22.6 Å². The number of methoxy groups -OCH3 is 1. The number of anilines is 1. The minimum atomic E-state index is -0.391. The van der Waals surface area contributed by atoms with Gasteiger partial charge in [0.15, 0.2) is 6.73 Å². The molecule has 0 amide bonds. The average molecular weight is 434 g/mol. The SMILES string of the molecule is COc1ccc(-c2cc(=O)oc3c(C)c4c(cc23)CN(c2cccc(Cl)c2)CO4)cc1. The quantitative estimate of drug-likeness (QED) is 0.383. The van der Waals surface area contributed by atoms with Crippen LogP contribution in [0.4, 0.5) is 5.69 Å². The fourth-order valence-electron chi connectivity index (χ4n) is 4.07. The molecule has 1 aromatic heterocycles. The average Bonchev–Trinajstić information content (AvgIpc) is 2.79. The zero-order valence-corrected chi connectivity index (χ0v) is 17.9. The van der Waals surface area contributed by atoms with E-state index in [1.165, 1.54) is 6.07 Å². The number of aryl methyl sites for hydroxylation is 1. The van der Waals surface area contributed by atoms with Crippen LogP contribution in [0.25, 0.3) is 22.1 Å². The highest BCUT2D eigenvalue weighted by Crippen LogP contribution is 2.39. The molecule has 0 aliphatic carbocycles. The third kappa shape index (κ3) is 3.51. The second-order valence-electron chi connectivity index (χ2n) is 7.53. The molecule has 0 atom stereocenters. The molecular formula is C25H20ClNO4. The smallest absolute Gasteiger partial charge is 0.336 e. The van der Waals surface area contributed by atoms with Crippen LogP contribution in [-0.4, -0.2) is 13.8 Å². The predicted octanol–water partition coefficient (Wildman–Crippen LogP) is 5.79. The molecule has 5 rings (SSSR count). The standard InChI is InChI=1S/C25H20ClNO4/c1-15-24-17(13-27(14-30-24)19-5-3-4-18(26)11-19)10-22-21(12-23(28)31-25(15)22)16-6-8-20(29-2)9-7-16/h3-12H,13-14H2,1-2H3. The van der Waals surface area contributed by atoms with E-state index >= 15 is 0 Å². The van der Waals surface area contributed by atoms with Crippen molar-refractivity contribution >= 4 is 28.3 Å². The van der Waals surface area contributed by atoms with Crippen LogP contribution >= 0.6 is 11.6 Å². The van der Waals surface area contributed by atoms with Crippen molar-refractivity contribution in [2.45, 2.75) is 13.5 Å². The lowest BCUT2D eigenvalue weighted by molar-refractivity contribution is 0.287. The van der Waals surface area contributed by atoms with E-state index in [-0.39, 0.29) is 0 Å². The third-order valence-electron chi connectivity index (χ3n) is 5.59. The van der Waals surface area contributed by atoms with E-state index in [4.69, 9.17) is 25.5 Å². The highest BCUT2D eigenvalue weighted by molar-refractivity contribution is 6.30. The summed E-state index contributed by atoms with van der Waals surface area (Å²) >= 11 is 6.17. The molecule has 2 heterocycles. The summed E-state index contributed by atoms with van der Waals surface area (Å²) < 4.78 is 17.0. The van der Waals surface area contributed by atoms with Gasteiger partial charge in [-0.15, -0.1) is 0 Å². The lowest BCUT2D eigenvalue weighted by Gasteiger charge is -2.32. The van der Waals surface area contributed by atoms with Crippen LogP contribution in [0, 0.1) is 6.92 Å². The largest absolute Gasteiger partial charge is 0.497 e. The summed E-state index contributed by atoms with van der Waals surface area (Å²) in [4.78, 5) is 14.5. The van der Waals surface area contributed by atoms with Crippen LogP contribution in [0.3, 0.4) is 0 Å². The highest BCUT2D eigenvalue weighted by atomic mass is 35.5. The summed E-state index contributed by atoms with van der Waals surface area (Å²) in [6.45, 7) is 2.98. The normalized spacial score (nSPS) is 13.1. The van der Waals surface area contributed by atoms with Gasteiger partial charge in [0.2, 0.25) is 0 Å². The first-order chi connectivity index (χ1) is 15.0. The van der Waals surface area contributed by atoms with Gasteiger partial charge in [-0.1, -0.05) is 29.8 Å². The second kappa shape index (κ2) is 7.67. The Balaban J connectivity index is 1.65. The molecule has 0 radical (unpaired) electrons. The number of rotatable bonds is 3. The van der Waals surface area contributed by atoms with Gasteiger partial charge in [-0.05, 0) is 54.4 Å². The minimum absolute atomic E-state index is 0.391. The van der Waals surface area contributed by atoms with Crippen LogP contribution in [0.1, 0.15) is 11.1 Å². The maximum atomic E-state index is 12.3. The van der Waals surface area contributed by atoms with Gasteiger partial charge in [-0.25, -0.2) is 4.79 Å². The van der Waals surface area contributed by atoms with Gasteiger partial charge >= 0.3 is 5.63 Å². The van der Waals surface area contributed by atoms with Gasteiger partial charge in [0.25, 0.3) is 0 Å². The van der Waals surface area contributed by atoms with Crippen LogP contribution in [0.2, 0.25) is 5.02 Å². The molecule has 1 aliphatic heterocycles. The molecule has 3 aromatic carbocycles. The molecule has 1 aliphatic rings. The maximum absolute atomic E-state index is 12.3. The number of benzene rings is 3. The number of hydrogen-bond acceptors (Lipinski definition) is 5. The molecule has 31 heavy (non-hydrogen) atoms. The van der Waals surface area contributed by atoms with Crippen molar-refractivity contribution in [3.05, 3.63) is 87.2 Å². The third-order valence-corrected chi connectivity index (χ3v) is 5.83.